The van der Waals surface area contributed by atoms with Crippen molar-refractivity contribution in [2.24, 2.45) is 0 Å². The molecule has 0 atom stereocenters. The summed E-state index contributed by atoms with van der Waals surface area (Å²) in [5.74, 6) is -0.357. The van der Waals surface area contributed by atoms with Crippen molar-refractivity contribution in [3.05, 3.63) is 111 Å². The minimum atomic E-state index is -4.48. The highest BCUT2D eigenvalue weighted by molar-refractivity contribution is 6.30. The second-order valence-corrected chi connectivity index (χ2v) is 8.14. The van der Waals surface area contributed by atoms with Gasteiger partial charge in [0.15, 0.2) is 0 Å². The smallest absolute Gasteiger partial charge is 0.416 e. The number of hydrogen-bond acceptors (Lipinski definition) is 2. The fraction of sp³-hybridized carbons (Fsp3) is 0.115. The molecule has 1 N–H and O–H groups in total. The number of hydrogen-bond donors (Lipinski definition) is 1. The maximum absolute atomic E-state index is 13.1. The summed E-state index contributed by atoms with van der Waals surface area (Å²) in [6.07, 6.45) is -2.30. The molecule has 0 bridgehead atoms. The molecule has 3 aromatic rings. The molecule has 3 aromatic carbocycles. The third-order valence-electron chi connectivity index (χ3n) is 5.37. The van der Waals surface area contributed by atoms with Gasteiger partial charge in [-0.25, -0.2) is 4.79 Å². The van der Waals surface area contributed by atoms with E-state index in [1.54, 1.807) is 24.3 Å². The van der Waals surface area contributed by atoms with Crippen LogP contribution in [0.3, 0.4) is 0 Å². The zero-order chi connectivity index (χ0) is 23.8. The van der Waals surface area contributed by atoms with Gasteiger partial charge in [0, 0.05) is 5.02 Å². The van der Waals surface area contributed by atoms with Crippen molar-refractivity contribution in [1.82, 2.24) is 0 Å². The molecule has 168 valence electrons. The summed E-state index contributed by atoms with van der Waals surface area (Å²) in [6, 6.07) is 15.4. The number of ether oxygens (including phenoxy) is 1. The second kappa shape index (κ2) is 8.79. The Balaban J connectivity index is 1.51. The molecule has 0 radical (unpaired) electrons. The van der Waals surface area contributed by atoms with Gasteiger partial charge < -0.3 is 9.84 Å². The Kier molecular flexibility index (Phi) is 6.04. The number of halogens is 4. The summed E-state index contributed by atoms with van der Waals surface area (Å²) < 4.78 is 45.2. The van der Waals surface area contributed by atoms with Crippen molar-refractivity contribution >= 4 is 29.2 Å². The van der Waals surface area contributed by atoms with Gasteiger partial charge in [-0.05, 0) is 82.3 Å². The maximum atomic E-state index is 13.1. The Bertz CT molecular complexity index is 1270. The van der Waals surface area contributed by atoms with Crippen molar-refractivity contribution < 1.29 is 27.8 Å². The van der Waals surface area contributed by atoms with E-state index >= 15 is 0 Å². The molecular weight excluding hydrogens is 453 g/mol. The molecule has 7 heteroatoms. The Morgan fingerprint density at radius 1 is 1.09 bits per heavy atom. The van der Waals surface area contributed by atoms with Gasteiger partial charge in [0.05, 0.1) is 11.1 Å². The SMILES string of the molecule is C=C1/C(=C/c2cc(Cl)cc(C(F)(F)F)c2)Cc2cc(OCc3ccc(C(=O)O)cc3)ccc21. The van der Waals surface area contributed by atoms with Gasteiger partial charge in [-0.1, -0.05) is 42.5 Å². The predicted molar refractivity (Wildman–Crippen MR) is 121 cm³/mol. The monoisotopic (exact) mass is 470 g/mol. The number of benzene rings is 3. The lowest BCUT2D eigenvalue weighted by Gasteiger charge is -2.09. The quantitative estimate of drug-likeness (QED) is 0.426. The van der Waals surface area contributed by atoms with Crippen molar-refractivity contribution in [2.45, 2.75) is 19.2 Å². The molecule has 3 nitrogen and oxygen atoms in total. The summed E-state index contributed by atoms with van der Waals surface area (Å²) >= 11 is 5.90. The summed E-state index contributed by atoms with van der Waals surface area (Å²) in [7, 11) is 0. The second-order valence-electron chi connectivity index (χ2n) is 7.71. The molecule has 0 aliphatic heterocycles. The highest BCUT2D eigenvalue weighted by atomic mass is 35.5. The number of carboxylic acids is 1. The third-order valence-corrected chi connectivity index (χ3v) is 5.58. The van der Waals surface area contributed by atoms with Crippen LogP contribution in [0.5, 0.6) is 5.75 Å². The van der Waals surface area contributed by atoms with Crippen LogP contribution in [-0.2, 0) is 19.2 Å². The summed E-state index contributed by atoms with van der Waals surface area (Å²) in [4.78, 5) is 10.9. The van der Waals surface area contributed by atoms with Gasteiger partial charge in [-0.2, -0.15) is 13.2 Å². The predicted octanol–water partition coefficient (Wildman–Crippen LogP) is 7.29. The fourth-order valence-electron chi connectivity index (χ4n) is 3.69. The number of carbonyl (C=O) groups is 1. The van der Waals surface area contributed by atoms with Gasteiger partial charge >= 0.3 is 12.1 Å². The van der Waals surface area contributed by atoms with Crippen LogP contribution >= 0.6 is 11.6 Å². The van der Waals surface area contributed by atoms with Crippen molar-refractivity contribution in [3.8, 4) is 5.75 Å². The first kappa shape index (κ1) is 22.7. The molecule has 0 spiro atoms. The molecule has 4 rings (SSSR count). The Morgan fingerprint density at radius 3 is 2.48 bits per heavy atom. The molecule has 33 heavy (non-hydrogen) atoms. The average molecular weight is 471 g/mol. The third kappa shape index (κ3) is 5.12. The molecule has 0 unspecified atom stereocenters. The number of carboxylic acid groups (broad SMARTS) is 1. The Labute approximate surface area is 193 Å². The van der Waals surface area contributed by atoms with E-state index in [0.717, 1.165) is 40.0 Å². The molecule has 0 heterocycles. The average Bonchev–Trinajstić information content (AvgIpc) is 3.06. The first-order chi connectivity index (χ1) is 15.6. The van der Waals surface area contributed by atoms with Crippen molar-refractivity contribution in [2.75, 3.05) is 0 Å². The van der Waals surface area contributed by atoms with Crippen LogP contribution in [-0.4, -0.2) is 11.1 Å². The van der Waals surface area contributed by atoms with E-state index in [1.807, 2.05) is 12.1 Å². The fourth-order valence-corrected chi connectivity index (χ4v) is 3.94. The highest BCUT2D eigenvalue weighted by Crippen LogP contribution is 2.39. The van der Waals surface area contributed by atoms with Gasteiger partial charge in [0.1, 0.15) is 12.4 Å². The minimum Gasteiger partial charge on any atom is -0.489 e. The molecule has 1 aliphatic carbocycles. The van der Waals surface area contributed by atoms with E-state index in [9.17, 15) is 18.0 Å². The van der Waals surface area contributed by atoms with Crippen LogP contribution in [0, 0.1) is 0 Å². The first-order valence-corrected chi connectivity index (χ1v) is 10.3. The van der Waals surface area contributed by atoms with E-state index in [0.29, 0.717) is 17.7 Å². The van der Waals surface area contributed by atoms with Gasteiger partial charge in [0.2, 0.25) is 0 Å². The number of aromatic carboxylic acids is 1. The largest absolute Gasteiger partial charge is 0.489 e. The van der Waals surface area contributed by atoms with Crippen LogP contribution in [0.2, 0.25) is 5.02 Å². The molecule has 0 aromatic heterocycles. The minimum absolute atomic E-state index is 0.0184. The summed E-state index contributed by atoms with van der Waals surface area (Å²) in [6.45, 7) is 4.37. The summed E-state index contributed by atoms with van der Waals surface area (Å²) in [5.41, 5.74) is 4.02. The van der Waals surface area contributed by atoms with E-state index in [-0.39, 0.29) is 17.2 Å². The molecule has 0 fully saturated rings. The molecule has 0 saturated carbocycles. The number of allylic oxidation sites excluding steroid dienone is 2. The van der Waals surface area contributed by atoms with E-state index < -0.39 is 17.7 Å². The van der Waals surface area contributed by atoms with Crippen molar-refractivity contribution in [1.29, 1.82) is 0 Å². The van der Waals surface area contributed by atoms with Crippen LogP contribution in [0.1, 0.15) is 38.2 Å². The first-order valence-electron chi connectivity index (χ1n) is 9.96. The van der Waals surface area contributed by atoms with Crippen LogP contribution in [0.4, 0.5) is 13.2 Å². The maximum Gasteiger partial charge on any atom is 0.416 e. The Hall–Kier alpha value is -3.51. The topological polar surface area (TPSA) is 46.5 Å². The van der Waals surface area contributed by atoms with Gasteiger partial charge in [0.25, 0.3) is 0 Å². The van der Waals surface area contributed by atoms with Crippen LogP contribution < -0.4 is 4.74 Å². The zero-order valence-corrected chi connectivity index (χ0v) is 18.0. The highest BCUT2D eigenvalue weighted by Gasteiger charge is 2.31. The standard InChI is InChI=1S/C26H18ClF3O3/c1-15-19(8-17-9-21(26(28,29)30)13-22(27)10-17)11-20-12-23(6-7-24(15)20)33-14-16-2-4-18(5-3-16)25(31)32/h2-10,12-13H,1,11,14H2,(H,31,32)/b19-8+. The molecule has 0 amide bonds. The lowest BCUT2D eigenvalue weighted by molar-refractivity contribution is -0.137. The van der Waals surface area contributed by atoms with Crippen LogP contribution in [0.25, 0.3) is 11.6 Å². The molecular formula is C26H18ClF3O3. The van der Waals surface area contributed by atoms with Crippen LogP contribution in [0.15, 0.2) is 72.8 Å². The normalized spacial score (nSPS) is 14.4. The zero-order valence-electron chi connectivity index (χ0n) is 17.2. The number of fused-ring (bicyclic) bond motifs is 1. The van der Waals surface area contributed by atoms with Gasteiger partial charge in [-0.3, -0.25) is 0 Å². The number of rotatable bonds is 5. The Morgan fingerprint density at radius 2 is 1.82 bits per heavy atom. The lowest BCUT2D eigenvalue weighted by atomic mass is 10.0. The summed E-state index contributed by atoms with van der Waals surface area (Å²) in [5, 5.41) is 8.99. The van der Waals surface area contributed by atoms with E-state index in [1.165, 1.54) is 18.2 Å². The van der Waals surface area contributed by atoms with E-state index in [2.05, 4.69) is 6.58 Å². The van der Waals surface area contributed by atoms with Crippen molar-refractivity contribution in [3.63, 3.8) is 0 Å². The van der Waals surface area contributed by atoms with Gasteiger partial charge in [-0.15, -0.1) is 0 Å². The van der Waals surface area contributed by atoms with E-state index in [4.69, 9.17) is 21.4 Å². The lowest BCUT2D eigenvalue weighted by Crippen LogP contribution is -2.05. The molecule has 1 aliphatic rings. The number of alkyl halides is 3. The molecule has 0 saturated heterocycles.